The molecule has 0 fully saturated rings. The van der Waals surface area contributed by atoms with Crippen LogP contribution in [0.4, 0.5) is 5.69 Å². The molecule has 2 amide bonds. The van der Waals surface area contributed by atoms with Crippen molar-refractivity contribution >= 4 is 34.2 Å². The lowest BCUT2D eigenvalue weighted by Crippen LogP contribution is -2.35. The van der Waals surface area contributed by atoms with Crippen LogP contribution in [0, 0.1) is 6.92 Å². The Morgan fingerprint density at radius 3 is 2.12 bits per heavy atom. The van der Waals surface area contributed by atoms with Crippen molar-refractivity contribution in [3.05, 3.63) is 114 Å². The zero-order valence-corrected chi connectivity index (χ0v) is 21.8. The van der Waals surface area contributed by atoms with Gasteiger partial charge in [0.05, 0.1) is 16.9 Å². The third kappa shape index (κ3) is 5.65. The molecule has 0 aliphatic heterocycles. The van der Waals surface area contributed by atoms with Gasteiger partial charge in [0.25, 0.3) is 11.8 Å². The van der Waals surface area contributed by atoms with Gasteiger partial charge in [-0.3, -0.25) is 9.59 Å². The fourth-order valence-electron chi connectivity index (χ4n) is 4.07. The molecule has 10 nitrogen and oxygen atoms in total. The molecular weight excluding hydrogens is 506 g/mol. The van der Waals surface area contributed by atoms with Crippen molar-refractivity contribution in [3.63, 3.8) is 0 Å². The lowest BCUT2D eigenvalue weighted by molar-refractivity contribution is 0.0923. The zero-order chi connectivity index (χ0) is 28.1. The number of carbonyl (C=O) groups is 2. The monoisotopic (exact) mass is 533 g/mol. The smallest absolute Gasteiger partial charge is 0.269 e. The highest BCUT2D eigenvalue weighted by Gasteiger charge is 2.16. The maximum Gasteiger partial charge on any atom is 0.269 e. The molecule has 3 heterocycles. The first-order valence-electron chi connectivity index (χ1n) is 12.6. The average molecular weight is 534 g/mol. The minimum absolute atomic E-state index is 0.157. The van der Waals surface area contributed by atoms with Crippen LogP contribution in [0.25, 0.3) is 28.2 Å². The minimum atomic E-state index is -0.421. The van der Waals surface area contributed by atoms with E-state index in [9.17, 15) is 14.8 Å². The maximum atomic E-state index is 12.7. The lowest BCUT2D eigenvalue weighted by Gasteiger charge is -2.12. The summed E-state index contributed by atoms with van der Waals surface area (Å²) in [5.74, 6) is -0.563. The topological polar surface area (TPSA) is 134 Å². The van der Waals surface area contributed by atoms with Gasteiger partial charge >= 0.3 is 0 Å². The summed E-state index contributed by atoms with van der Waals surface area (Å²) in [6, 6.07) is 25.0. The molecule has 4 N–H and O–H groups in total. The van der Waals surface area contributed by atoms with Gasteiger partial charge in [-0.2, -0.15) is 4.73 Å². The quantitative estimate of drug-likeness (QED) is 0.164. The molecule has 5 aromatic rings. The van der Waals surface area contributed by atoms with Gasteiger partial charge in [0.1, 0.15) is 22.6 Å². The predicted molar refractivity (Wildman–Crippen MR) is 153 cm³/mol. The van der Waals surface area contributed by atoms with Crippen LogP contribution in [0.5, 0.6) is 0 Å². The van der Waals surface area contributed by atoms with Gasteiger partial charge in [0.2, 0.25) is 0 Å². The Bertz CT molecular complexity index is 1730. The van der Waals surface area contributed by atoms with E-state index in [0.717, 1.165) is 16.0 Å². The molecule has 0 atom stereocenters. The molecule has 2 aromatic carbocycles. The molecule has 40 heavy (non-hydrogen) atoms. The molecule has 3 aromatic heterocycles. The first-order chi connectivity index (χ1) is 19.4. The van der Waals surface area contributed by atoms with Crippen LogP contribution in [0.2, 0.25) is 0 Å². The van der Waals surface area contributed by atoms with Crippen molar-refractivity contribution in [2.75, 3.05) is 18.4 Å². The third-order valence-electron chi connectivity index (χ3n) is 6.17. The number of anilines is 1. The van der Waals surface area contributed by atoms with Gasteiger partial charge in [-0.05, 0) is 55.0 Å². The fourth-order valence-corrected chi connectivity index (χ4v) is 4.07. The Kier molecular flexibility index (Phi) is 7.49. The summed E-state index contributed by atoms with van der Waals surface area (Å²) in [5.41, 5.74) is 4.99. The summed E-state index contributed by atoms with van der Waals surface area (Å²) in [6.07, 6.45) is 0. The summed E-state index contributed by atoms with van der Waals surface area (Å²) in [4.78, 5) is 38.5. The number of nitrogens with zero attached hydrogens (tertiary/aromatic N) is 4. The van der Waals surface area contributed by atoms with E-state index in [1.54, 1.807) is 54.6 Å². The molecule has 0 aliphatic carbocycles. The number of hydrogen-bond acceptors (Lipinski definition) is 7. The highest BCUT2D eigenvalue weighted by Crippen LogP contribution is 2.22. The van der Waals surface area contributed by atoms with Gasteiger partial charge < -0.3 is 21.2 Å². The van der Waals surface area contributed by atoms with Gasteiger partial charge in [-0.1, -0.05) is 49.0 Å². The van der Waals surface area contributed by atoms with Crippen molar-refractivity contribution in [3.8, 4) is 11.5 Å². The Morgan fingerprint density at radius 1 is 0.775 bits per heavy atom. The molecule has 200 valence electrons. The number of imidazole rings is 1. The van der Waals surface area contributed by atoms with Gasteiger partial charge in [0.15, 0.2) is 5.82 Å². The summed E-state index contributed by atoms with van der Waals surface area (Å²) >= 11 is 0. The number of fused-ring (bicyclic) bond motifs is 1. The van der Waals surface area contributed by atoms with Crippen LogP contribution >= 0.6 is 0 Å². The first kappa shape index (κ1) is 26.1. The van der Waals surface area contributed by atoms with Crippen LogP contribution in [0.1, 0.15) is 32.2 Å². The van der Waals surface area contributed by atoms with E-state index in [0.29, 0.717) is 28.1 Å². The number of benzene rings is 2. The summed E-state index contributed by atoms with van der Waals surface area (Å²) in [6.45, 7) is 6.40. The van der Waals surface area contributed by atoms with E-state index in [-0.39, 0.29) is 36.2 Å². The normalized spacial score (nSPS) is 10.7. The highest BCUT2D eigenvalue weighted by atomic mass is 16.5. The SMILES string of the molecule is C=C(Nc1ccccc1C)c1cccc(C(=O)NCCNC(=O)c2cccc(-c3nc4ccccc4n3O)n2)n1. The average Bonchev–Trinajstić information content (AvgIpc) is 3.32. The Labute approximate surface area is 230 Å². The number of carbonyl (C=O) groups excluding carboxylic acids is 2. The van der Waals surface area contributed by atoms with E-state index in [4.69, 9.17) is 0 Å². The summed E-state index contributed by atoms with van der Waals surface area (Å²) < 4.78 is 0.950. The van der Waals surface area contributed by atoms with Gasteiger partial charge in [0, 0.05) is 18.8 Å². The molecule has 5 rings (SSSR count). The molecule has 10 heteroatoms. The second kappa shape index (κ2) is 11.5. The largest absolute Gasteiger partial charge is 0.426 e. The second-order valence-corrected chi connectivity index (χ2v) is 8.98. The number of hydrogen-bond donors (Lipinski definition) is 4. The number of amides is 2. The minimum Gasteiger partial charge on any atom is -0.426 e. The van der Waals surface area contributed by atoms with Crippen molar-refractivity contribution in [2.45, 2.75) is 6.92 Å². The molecule has 0 spiro atoms. The predicted octanol–water partition coefficient (Wildman–Crippen LogP) is 4.28. The zero-order valence-electron chi connectivity index (χ0n) is 21.8. The molecule has 0 saturated carbocycles. The Hall–Kier alpha value is -5.51. The van der Waals surface area contributed by atoms with Crippen molar-refractivity contribution in [1.82, 2.24) is 30.3 Å². The van der Waals surface area contributed by atoms with Crippen LogP contribution < -0.4 is 16.0 Å². The van der Waals surface area contributed by atoms with E-state index < -0.39 is 5.91 Å². The van der Waals surface area contributed by atoms with Crippen LogP contribution in [0.3, 0.4) is 0 Å². The lowest BCUT2D eigenvalue weighted by atomic mass is 10.2. The van der Waals surface area contributed by atoms with Gasteiger partial charge in [-0.25, -0.2) is 15.0 Å². The Morgan fingerprint density at radius 2 is 1.40 bits per heavy atom. The van der Waals surface area contributed by atoms with Crippen LogP contribution in [-0.2, 0) is 0 Å². The number of para-hydroxylation sites is 3. The van der Waals surface area contributed by atoms with Crippen LogP contribution in [-0.4, -0.2) is 49.8 Å². The van der Waals surface area contributed by atoms with E-state index in [2.05, 4.69) is 37.5 Å². The number of pyridine rings is 2. The third-order valence-corrected chi connectivity index (χ3v) is 6.17. The number of aromatic nitrogens is 4. The number of aryl methyl sites for hydroxylation is 1. The first-order valence-corrected chi connectivity index (χ1v) is 12.6. The molecule has 0 saturated heterocycles. The van der Waals surface area contributed by atoms with Crippen molar-refractivity contribution in [1.29, 1.82) is 0 Å². The molecule has 0 bridgehead atoms. The Balaban J connectivity index is 1.15. The molecule has 0 radical (unpaired) electrons. The number of nitrogens with one attached hydrogen (secondary N) is 3. The second-order valence-electron chi connectivity index (χ2n) is 8.98. The van der Waals surface area contributed by atoms with E-state index >= 15 is 0 Å². The fraction of sp³-hybridized carbons (Fsp3) is 0.100. The molecular formula is C30H27N7O3. The van der Waals surface area contributed by atoms with Crippen molar-refractivity contribution < 1.29 is 14.8 Å². The van der Waals surface area contributed by atoms with Crippen LogP contribution in [0.15, 0.2) is 91.5 Å². The maximum absolute atomic E-state index is 12.7. The van der Waals surface area contributed by atoms with Gasteiger partial charge in [-0.15, -0.1) is 0 Å². The summed E-state index contributed by atoms with van der Waals surface area (Å²) in [5, 5.41) is 19.2. The molecule has 0 unspecified atom stereocenters. The van der Waals surface area contributed by atoms with E-state index in [1.165, 1.54) is 0 Å². The number of rotatable bonds is 9. The van der Waals surface area contributed by atoms with E-state index in [1.807, 2.05) is 37.3 Å². The standard InChI is InChI=1S/C30H27N7O3/c1-19-9-3-4-10-21(19)33-20(2)22-12-7-14-25(34-22)29(38)31-17-18-32-30(39)26-15-8-13-24(35-26)28-36-23-11-5-6-16-27(23)37(28)40/h3-16,33,40H,2,17-18H2,1H3,(H,31,38)(H,32,39). The molecule has 0 aliphatic rings. The summed E-state index contributed by atoms with van der Waals surface area (Å²) in [7, 11) is 0. The van der Waals surface area contributed by atoms with Crippen molar-refractivity contribution in [2.24, 2.45) is 0 Å². The highest BCUT2D eigenvalue weighted by molar-refractivity contribution is 5.94.